The lowest BCUT2D eigenvalue weighted by Gasteiger charge is -2.06. The van der Waals surface area contributed by atoms with Crippen molar-refractivity contribution >= 4 is 0 Å². The number of hydrogen-bond donors (Lipinski definition) is 2. The average Bonchev–Trinajstić information content (AvgIpc) is 2.51. The molecule has 0 spiro atoms. The fourth-order valence-corrected chi connectivity index (χ4v) is 1.58. The average molecular weight is 192 g/mol. The van der Waals surface area contributed by atoms with E-state index in [0.717, 1.165) is 0 Å². The van der Waals surface area contributed by atoms with Crippen molar-refractivity contribution in [3.8, 4) is 0 Å². The second-order valence-electron chi connectivity index (χ2n) is 3.02. The van der Waals surface area contributed by atoms with Crippen LogP contribution in [0.2, 0.25) is 0 Å². The topological polar surface area (TPSA) is 48.9 Å². The third-order valence-corrected chi connectivity index (χ3v) is 2.15. The second-order valence-corrected chi connectivity index (χ2v) is 3.02. The molecule has 1 aromatic rings. The zero-order valence-corrected chi connectivity index (χ0v) is 6.52. The molecule has 0 aromatic carbocycles. The Hall–Kier alpha value is -1.04. The van der Waals surface area contributed by atoms with Crippen LogP contribution in [-0.2, 0) is 12.6 Å². The van der Waals surface area contributed by atoms with E-state index >= 15 is 0 Å². The van der Waals surface area contributed by atoms with Gasteiger partial charge in [-0.1, -0.05) is 0 Å². The van der Waals surface area contributed by atoms with Gasteiger partial charge in [0.25, 0.3) is 0 Å². The summed E-state index contributed by atoms with van der Waals surface area (Å²) < 4.78 is 36.8. The maximum atomic E-state index is 12.3. The van der Waals surface area contributed by atoms with Crippen LogP contribution in [-0.4, -0.2) is 15.3 Å². The first-order valence-corrected chi connectivity index (χ1v) is 3.82. The molecular formula is C7H7F3N2O. The molecule has 2 N–H and O–H groups in total. The van der Waals surface area contributed by atoms with Crippen LogP contribution in [0.1, 0.15) is 29.5 Å². The van der Waals surface area contributed by atoms with E-state index in [9.17, 15) is 18.3 Å². The zero-order valence-electron chi connectivity index (χ0n) is 6.52. The largest absolute Gasteiger partial charge is 0.435 e. The number of nitrogens with zero attached hydrogens (tertiary/aromatic N) is 1. The van der Waals surface area contributed by atoms with Gasteiger partial charge in [0.2, 0.25) is 0 Å². The minimum absolute atomic E-state index is 0.0764. The van der Waals surface area contributed by atoms with Crippen molar-refractivity contribution in [2.24, 2.45) is 0 Å². The number of nitrogens with one attached hydrogen (secondary N) is 1. The number of aryl methyl sites for hydroxylation is 1. The van der Waals surface area contributed by atoms with E-state index in [2.05, 4.69) is 10.2 Å². The number of fused-ring (bicyclic) bond motifs is 1. The minimum Gasteiger partial charge on any atom is -0.388 e. The maximum Gasteiger partial charge on any atom is 0.435 e. The van der Waals surface area contributed by atoms with E-state index < -0.39 is 18.0 Å². The van der Waals surface area contributed by atoms with Gasteiger partial charge >= 0.3 is 6.18 Å². The summed E-state index contributed by atoms with van der Waals surface area (Å²) in [4.78, 5) is 0. The van der Waals surface area contributed by atoms with Crippen molar-refractivity contribution < 1.29 is 18.3 Å². The first-order chi connectivity index (χ1) is 6.00. The molecule has 0 amide bonds. The lowest BCUT2D eigenvalue weighted by molar-refractivity contribution is -0.142. The molecule has 13 heavy (non-hydrogen) atoms. The third kappa shape index (κ3) is 1.21. The summed E-state index contributed by atoms with van der Waals surface area (Å²) in [5.41, 5.74) is -0.653. The zero-order chi connectivity index (χ0) is 9.64. The molecule has 6 heteroatoms. The predicted molar refractivity (Wildman–Crippen MR) is 36.9 cm³/mol. The number of H-pyrrole nitrogens is 1. The van der Waals surface area contributed by atoms with E-state index in [1.165, 1.54) is 0 Å². The van der Waals surface area contributed by atoms with Crippen LogP contribution < -0.4 is 0 Å². The molecular weight excluding hydrogens is 185 g/mol. The number of aliphatic hydroxyl groups excluding tert-OH is 1. The highest BCUT2D eigenvalue weighted by molar-refractivity contribution is 5.33. The molecule has 0 saturated carbocycles. The lowest BCUT2D eigenvalue weighted by Crippen LogP contribution is -2.10. The number of aliphatic hydroxyl groups is 1. The van der Waals surface area contributed by atoms with Crippen LogP contribution in [0.5, 0.6) is 0 Å². The van der Waals surface area contributed by atoms with Gasteiger partial charge in [-0.2, -0.15) is 18.3 Å². The van der Waals surface area contributed by atoms with Gasteiger partial charge in [0.15, 0.2) is 5.69 Å². The van der Waals surface area contributed by atoms with Crippen LogP contribution in [0.4, 0.5) is 13.2 Å². The molecule has 1 unspecified atom stereocenters. The van der Waals surface area contributed by atoms with Crippen molar-refractivity contribution in [3.63, 3.8) is 0 Å². The molecule has 0 fully saturated rings. The Bertz CT molecular complexity index is 331. The molecule has 1 heterocycles. The van der Waals surface area contributed by atoms with Crippen LogP contribution in [0, 0.1) is 0 Å². The van der Waals surface area contributed by atoms with E-state index in [0.29, 0.717) is 18.5 Å². The summed E-state index contributed by atoms with van der Waals surface area (Å²) >= 11 is 0. The Labute approximate surface area is 71.6 Å². The Balaban J connectivity index is 2.50. The molecule has 72 valence electrons. The Morgan fingerprint density at radius 2 is 2.15 bits per heavy atom. The lowest BCUT2D eigenvalue weighted by atomic mass is 10.1. The van der Waals surface area contributed by atoms with Gasteiger partial charge < -0.3 is 5.11 Å². The first-order valence-electron chi connectivity index (χ1n) is 3.82. The van der Waals surface area contributed by atoms with Gasteiger partial charge in [-0.25, -0.2) is 0 Å². The van der Waals surface area contributed by atoms with Crippen LogP contribution in [0.15, 0.2) is 0 Å². The van der Waals surface area contributed by atoms with Gasteiger partial charge in [0, 0.05) is 11.3 Å². The molecule has 1 aromatic heterocycles. The molecule has 2 rings (SSSR count). The number of aromatic nitrogens is 2. The van der Waals surface area contributed by atoms with Crippen molar-refractivity contribution in [3.05, 3.63) is 17.0 Å². The number of aromatic amines is 1. The molecule has 0 saturated heterocycles. The van der Waals surface area contributed by atoms with Crippen molar-refractivity contribution in [2.75, 3.05) is 0 Å². The van der Waals surface area contributed by atoms with Crippen LogP contribution in [0.3, 0.4) is 0 Å². The van der Waals surface area contributed by atoms with E-state index in [4.69, 9.17) is 0 Å². The summed E-state index contributed by atoms with van der Waals surface area (Å²) in [6.07, 6.45) is -4.73. The summed E-state index contributed by atoms with van der Waals surface area (Å²) in [7, 11) is 0. The molecule has 1 atom stereocenters. The predicted octanol–water partition coefficient (Wildman–Crippen LogP) is 1.41. The molecule has 0 aliphatic heterocycles. The van der Waals surface area contributed by atoms with Crippen LogP contribution >= 0.6 is 0 Å². The number of halogens is 3. The summed E-state index contributed by atoms with van der Waals surface area (Å²) in [6, 6.07) is 0. The molecule has 1 aliphatic carbocycles. The van der Waals surface area contributed by atoms with Crippen molar-refractivity contribution in [2.45, 2.75) is 25.1 Å². The highest BCUT2D eigenvalue weighted by Crippen LogP contribution is 2.39. The molecule has 3 nitrogen and oxygen atoms in total. The quantitative estimate of drug-likeness (QED) is 0.652. The smallest absolute Gasteiger partial charge is 0.388 e. The van der Waals surface area contributed by atoms with E-state index in [-0.39, 0.29) is 5.56 Å². The Morgan fingerprint density at radius 1 is 1.46 bits per heavy atom. The van der Waals surface area contributed by atoms with Gasteiger partial charge in [0.05, 0.1) is 6.10 Å². The number of hydrogen-bond acceptors (Lipinski definition) is 2. The molecule has 0 radical (unpaired) electrons. The summed E-state index contributed by atoms with van der Waals surface area (Å²) in [5.74, 6) is 0. The normalized spacial score (nSPS) is 22.0. The van der Waals surface area contributed by atoms with Gasteiger partial charge in [-0.05, 0) is 12.8 Å². The summed E-state index contributed by atoms with van der Waals surface area (Å²) in [6.45, 7) is 0. The summed E-state index contributed by atoms with van der Waals surface area (Å²) in [5, 5.41) is 14.7. The maximum absolute atomic E-state index is 12.3. The number of rotatable bonds is 0. The van der Waals surface area contributed by atoms with E-state index in [1.54, 1.807) is 0 Å². The molecule has 1 aliphatic rings. The van der Waals surface area contributed by atoms with Crippen molar-refractivity contribution in [1.29, 1.82) is 0 Å². The fraction of sp³-hybridized carbons (Fsp3) is 0.571. The van der Waals surface area contributed by atoms with Gasteiger partial charge in [-0.15, -0.1) is 0 Å². The minimum atomic E-state index is -4.48. The van der Waals surface area contributed by atoms with Crippen molar-refractivity contribution in [1.82, 2.24) is 10.2 Å². The monoisotopic (exact) mass is 192 g/mol. The molecule has 0 bridgehead atoms. The SMILES string of the molecule is OC1CCc2[nH]nc(C(F)(F)F)c21. The van der Waals surface area contributed by atoms with Gasteiger partial charge in [0.1, 0.15) is 0 Å². The van der Waals surface area contributed by atoms with E-state index in [1.807, 2.05) is 0 Å². The van der Waals surface area contributed by atoms with Gasteiger partial charge in [-0.3, -0.25) is 5.10 Å². The standard InChI is InChI=1S/C7H7F3N2O/c8-7(9,10)6-5-3(11-12-6)1-2-4(5)13/h4,13H,1-2H2,(H,11,12). The fourth-order valence-electron chi connectivity index (χ4n) is 1.58. The highest BCUT2D eigenvalue weighted by Gasteiger charge is 2.41. The highest BCUT2D eigenvalue weighted by atomic mass is 19.4. The second kappa shape index (κ2) is 2.47. The third-order valence-electron chi connectivity index (χ3n) is 2.15. The van der Waals surface area contributed by atoms with Crippen LogP contribution in [0.25, 0.3) is 0 Å². The first kappa shape index (κ1) is 8.55. The number of alkyl halides is 3. The Morgan fingerprint density at radius 3 is 2.77 bits per heavy atom. The Kier molecular flexibility index (Phi) is 1.63.